The zero-order valence-corrected chi connectivity index (χ0v) is 29.9. The fraction of sp³-hybridized carbons (Fsp3) is 0.925. The average molecular weight is 623 g/mol. The first kappa shape index (κ1) is 43.1. The number of aliphatic hydroxyl groups is 1. The van der Waals surface area contributed by atoms with E-state index in [4.69, 9.17) is 9.47 Å². The van der Waals surface area contributed by atoms with Crippen LogP contribution >= 0.6 is 0 Å². The highest BCUT2D eigenvalue weighted by molar-refractivity contribution is 5.69. The standard InChI is InChI=1S/C40H78O4/c1-3-5-7-9-11-13-15-17-19-20-21-22-23-25-27-29-31-33-35-40(42)44-39(37-41)38-43-36-34-32-30-28-26-24-18-16-14-12-10-8-6-4-2/h14,16,39,41H,3-13,15,17-38H2,1-2H3/b16-14-. The molecule has 0 heterocycles. The summed E-state index contributed by atoms with van der Waals surface area (Å²) < 4.78 is 11.1. The highest BCUT2D eigenvalue weighted by atomic mass is 16.6. The van der Waals surface area contributed by atoms with Crippen LogP contribution in [0.2, 0.25) is 0 Å². The largest absolute Gasteiger partial charge is 0.457 e. The molecule has 0 fully saturated rings. The Morgan fingerprint density at radius 1 is 0.523 bits per heavy atom. The Morgan fingerprint density at radius 3 is 1.32 bits per heavy atom. The summed E-state index contributed by atoms with van der Waals surface area (Å²) in [5, 5.41) is 9.57. The van der Waals surface area contributed by atoms with Crippen molar-refractivity contribution < 1.29 is 19.4 Å². The number of rotatable bonds is 37. The number of ether oxygens (including phenoxy) is 2. The van der Waals surface area contributed by atoms with Crippen molar-refractivity contribution >= 4 is 5.97 Å². The predicted octanol–water partition coefficient (Wildman–Crippen LogP) is 12.6. The van der Waals surface area contributed by atoms with Crippen molar-refractivity contribution in [2.75, 3.05) is 19.8 Å². The first-order valence-electron chi connectivity index (χ1n) is 19.8. The molecule has 4 heteroatoms. The maximum atomic E-state index is 12.2. The molecule has 0 aromatic heterocycles. The van der Waals surface area contributed by atoms with Gasteiger partial charge in [-0.05, 0) is 38.5 Å². The second kappa shape index (κ2) is 38.3. The molecule has 1 unspecified atom stereocenters. The number of carbonyl (C=O) groups excluding carboxylic acids is 1. The van der Waals surface area contributed by atoms with Crippen molar-refractivity contribution in [2.45, 2.75) is 219 Å². The van der Waals surface area contributed by atoms with Crippen LogP contribution in [0.25, 0.3) is 0 Å². The summed E-state index contributed by atoms with van der Waals surface area (Å²) in [4.78, 5) is 12.2. The molecule has 44 heavy (non-hydrogen) atoms. The maximum Gasteiger partial charge on any atom is 0.306 e. The Labute approximate surface area is 275 Å². The van der Waals surface area contributed by atoms with Crippen LogP contribution in [0.5, 0.6) is 0 Å². The molecule has 0 aliphatic heterocycles. The summed E-state index contributed by atoms with van der Waals surface area (Å²) in [5.74, 6) is -0.199. The normalized spacial score (nSPS) is 12.3. The van der Waals surface area contributed by atoms with Crippen LogP contribution in [-0.4, -0.2) is 37.0 Å². The zero-order chi connectivity index (χ0) is 32.0. The van der Waals surface area contributed by atoms with Gasteiger partial charge in [0, 0.05) is 13.0 Å². The van der Waals surface area contributed by atoms with E-state index in [2.05, 4.69) is 26.0 Å². The summed E-state index contributed by atoms with van der Waals surface area (Å²) >= 11 is 0. The number of carbonyl (C=O) groups is 1. The molecular formula is C40H78O4. The zero-order valence-electron chi connectivity index (χ0n) is 29.9. The monoisotopic (exact) mass is 623 g/mol. The Hall–Kier alpha value is -0.870. The van der Waals surface area contributed by atoms with Crippen LogP contribution in [0.4, 0.5) is 0 Å². The molecule has 0 bridgehead atoms. The van der Waals surface area contributed by atoms with Gasteiger partial charge in [-0.15, -0.1) is 0 Å². The van der Waals surface area contributed by atoms with Crippen LogP contribution in [0.3, 0.4) is 0 Å². The molecule has 0 saturated heterocycles. The van der Waals surface area contributed by atoms with Gasteiger partial charge < -0.3 is 14.6 Å². The van der Waals surface area contributed by atoms with Crippen LogP contribution in [-0.2, 0) is 14.3 Å². The molecule has 0 aliphatic carbocycles. The second-order valence-electron chi connectivity index (χ2n) is 13.4. The molecule has 0 aliphatic rings. The molecule has 0 amide bonds. The van der Waals surface area contributed by atoms with E-state index in [0.717, 1.165) is 19.3 Å². The molecule has 0 radical (unpaired) electrons. The Bertz CT molecular complexity index is 576. The highest BCUT2D eigenvalue weighted by Crippen LogP contribution is 2.15. The van der Waals surface area contributed by atoms with Gasteiger partial charge in [0.25, 0.3) is 0 Å². The minimum atomic E-state index is -0.530. The quantitative estimate of drug-likeness (QED) is 0.0425. The van der Waals surface area contributed by atoms with E-state index in [1.165, 1.54) is 173 Å². The van der Waals surface area contributed by atoms with Crippen molar-refractivity contribution in [3.63, 3.8) is 0 Å². The van der Waals surface area contributed by atoms with Gasteiger partial charge in [0.05, 0.1) is 13.2 Å². The van der Waals surface area contributed by atoms with Gasteiger partial charge >= 0.3 is 5.97 Å². The molecule has 1 N–H and O–H groups in total. The number of hydrogen-bond acceptors (Lipinski definition) is 4. The fourth-order valence-corrected chi connectivity index (χ4v) is 5.85. The van der Waals surface area contributed by atoms with Crippen LogP contribution in [0.1, 0.15) is 213 Å². The molecule has 0 spiro atoms. The lowest BCUT2D eigenvalue weighted by molar-refractivity contribution is -0.154. The predicted molar refractivity (Wildman–Crippen MR) is 191 cm³/mol. The third kappa shape index (κ3) is 35.6. The number of esters is 1. The van der Waals surface area contributed by atoms with E-state index < -0.39 is 6.10 Å². The SMILES string of the molecule is CCCCCC/C=C\CCCCCCCCOCC(CO)OC(=O)CCCCCCCCCCCCCCCCCCCC. The van der Waals surface area contributed by atoms with Crippen molar-refractivity contribution in [3.05, 3.63) is 12.2 Å². The molecule has 4 nitrogen and oxygen atoms in total. The molecule has 1 atom stereocenters. The summed E-state index contributed by atoms with van der Waals surface area (Å²) in [6.45, 7) is 5.35. The van der Waals surface area contributed by atoms with E-state index in [0.29, 0.717) is 19.6 Å². The second-order valence-corrected chi connectivity index (χ2v) is 13.4. The molecule has 0 aromatic carbocycles. The average Bonchev–Trinajstić information content (AvgIpc) is 3.03. The van der Waals surface area contributed by atoms with Gasteiger partial charge in [-0.3, -0.25) is 4.79 Å². The first-order chi connectivity index (χ1) is 21.7. The van der Waals surface area contributed by atoms with Crippen molar-refractivity contribution in [1.29, 1.82) is 0 Å². The van der Waals surface area contributed by atoms with Gasteiger partial charge in [0.1, 0.15) is 6.10 Å². The van der Waals surface area contributed by atoms with Gasteiger partial charge in [0.2, 0.25) is 0 Å². The third-order valence-electron chi connectivity index (χ3n) is 8.84. The minimum absolute atomic E-state index is 0.169. The number of hydrogen-bond donors (Lipinski definition) is 1. The fourth-order valence-electron chi connectivity index (χ4n) is 5.85. The van der Waals surface area contributed by atoms with E-state index in [9.17, 15) is 9.90 Å². The molecule has 0 saturated carbocycles. The lowest BCUT2D eigenvalue weighted by Crippen LogP contribution is -2.27. The van der Waals surface area contributed by atoms with E-state index in [-0.39, 0.29) is 12.6 Å². The molecule has 0 rings (SSSR count). The number of aliphatic hydroxyl groups excluding tert-OH is 1. The first-order valence-corrected chi connectivity index (χ1v) is 19.8. The number of unbranched alkanes of at least 4 members (excludes halogenated alkanes) is 27. The molecule has 0 aromatic rings. The number of allylic oxidation sites excluding steroid dienone is 2. The Balaban J connectivity index is 3.39. The molecule has 262 valence electrons. The lowest BCUT2D eigenvalue weighted by atomic mass is 10.0. The van der Waals surface area contributed by atoms with Gasteiger partial charge in [0.15, 0.2) is 0 Å². The van der Waals surface area contributed by atoms with Crippen molar-refractivity contribution in [2.24, 2.45) is 0 Å². The highest BCUT2D eigenvalue weighted by Gasteiger charge is 2.13. The summed E-state index contributed by atoms with van der Waals surface area (Å²) in [6, 6.07) is 0. The molecular weight excluding hydrogens is 544 g/mol. The van der Waals surface area contributed by atoms with Crippen LogP contribution in [0, 0.1) is 0 Å². The van der Waals surface area contributed by atoms with Gasteiger partial charge in [-0.1, -0.05) is 180 Å². The maximum absolute atomic E-state index is 12.2. The van der Waals surface area contributed by atoms with E-state index in [1.807, 2.05) is 0 Å². The topological polar surface area (TPSA) is 55.8 Å². The van der Waals surface area contributed by atoms with E-state index in [1.54, 1.807) is 0 Å². The smallest absolute Gasteiger partial charge is 0.306 e. The van der Waals surface area contributed by atoms with Gasteiger partial charge in [-0.2, -0.15) is 0 Å². The Kier molecular flexibility index (Phi) is 37.6. The van der Waals surface area contributed by atoms with Crippen molar-refractivity contribution in [1.82, 2.24) is 0 Å². The minimum Gasteiger partial charge on any atom is -0.457 e. The van der Waals surface area contributed by atoms with Gasteiger partial charge in [-0.25, -0.2) is 0 Å². The Morgan fingerprint density at radius 2 is 0.886 bits per heavy atom. The summed E-state index contributed by atoms with van der Waals surface area (Å²) in [7, 11) is 0. The summed E-state index contributed by atoms with van der Waals surface area (Å²) in [6.07, 6.45) is 44.0. The van der Waals surface area contributed by atoms with Crippen molar-refractivity contribution in [3.8, 4) is 0 Å². The third-order valence-corrected chi connectivity index (χ3v) is 8.84. The lowest BCUT2D eigenvalue weighted by Gasteiger charge is -2.15. The van der Waals surface area contributed by atoms with Crippen LogP contribution in [0.15, 0.2) is 12.2 Å². The van der Waals surface area contributed by atoms with E-state index >= 15 is 0 Å². The summed E-state index contributed by atoms with van der Waals surface area (Å²) in [5.41, 5.74) is 0. The van der Waals surface area contributed by atoms with Crippen LogP contribution < -0.4 is 0 Å².